The van der Waals surface area contributed by atoms with Crippen LogP contribution in [-0.4, -0.2) is 32.1 Å². The lowest BCUT2D eigenvalue weighted by molar-refractivity contribution is 0.261. The van der Waals surface area contributed by atoms with Gasteiger partial charge in [-0.1, -0.05) is 31.9 Å². The van der Waals surface area contributed by atoms with Crippen molar-refractivity contribution in [2.45, 2.75) is 0 Å². The molecule has 0 aliphatic carbocycles. The molecule has 1 aromatic carbocycles. The van der Waals surface area contributed by atoms with E-state index >= 15 is 0 Å². The minimum atomic E-state index is 0.704. The standard InChI is InChI=1S/C10H13Br2NO/c1-13(2)3-4-14-10-6-8(11)5-9(12)7-10/h5-7H,3-4H2,1-2H3. The summed E-state index contributed by atoms with van der Waals surface area (Å²) >= 11 is 6.83. The average molecular weight is 323 g/mol. The van der Waals surface area contributed by atoms with E-state index in [1.807, 2.05) is 32.3 Å². The number of benzene rings is 1. The van der Waals surface area contributed by atoms with E-state index in [1.165, 1.54) is 0 Å². The number of nitrogens with zero attached hydrogens (tertiary/aromatic N) is 1. The predicted octanol–water partition coefficient (Wildman–Crippen LogP) is 3.15. The van der Waals surface area contributed by atoms with Crippen molar-refractivity contribution in [2.75, 3.05) is 27.2 Å². The highest BCUT2D eigenvalue weighted by molar-refractivity contribution is 9.11. The van der Waals surface area contributed by atoms with Gasteiger partial charge in [-0.05, 0) is 32.3 Å². The molecule has 4 heteroatoms. The minimum Gasteiger partial charge on any atom is -0.492 e. The zero-order valence-electron chi connectivity index (χ0n) is 8.26. The van der Waals surface area contributed by atoms with E-state index in [0.717, 1.165) is 21.2 Å². The van der Waals surface area contributed by atoms with Gasteiger partial charge in [0.05, 0.1) is 0 Å². The van der Waals surface area contributed by atoms with Crippen molar-refractivity contribution in [3.05, 3.63) is 27.1 Å². The molecule has 1 rings (SSSR count). The molecule has 0 aromatic heterocycles. The van der Waals surface area contributed by atoms with Crippen molar-refractivity contribution >= 4 is 31.9 Å². The fourth-order valence-corrected chi connectivity index (χ4v) is 2.21. The van der Waals surface area contributed by atoms with E-state index in [0.29, 0.717) is 6.61 Å². The summed E-state index contributed by atoms with van der Waals surface area (Å²) in [5.41, 5.74) is 0. The highest BCUT2D eigenvalue weighted by Gasteiger charge is 1.98. The topological polar surface area (TPSA) is 12.5 Å². The Labute approximate surface area is 101 Å². The minimum absolute atomic E-state index is 0.704. The van der Waals surface area contributed by atoms with E-state index in [-0.39, 0.29) is 0 Å². The van der Waals surface area contributed by atoms with Crippen LogP contribution in [0.25, 0.3) is 0 Å². The number of hydrogen-bond donors (Lipinski definition) is 0. The maximum atomic E-state index is 5.58. The summed E-state index contributed by atoms with van der Waals surface area (Å²) in [6, 6.07) is 5.90. The summed E-state index contributed by atoms with van der Waals surface area (Å²) in [5.74, 6) is 0.883. The molecule has 0 bridgehead atoms. The van der Waals surface area contributed by atoms with Gasteiger partial charge in [-0.25, -0.2) is 0 Å². The first kappa shape index (κ1) is 12.0. The molecule has 0 saturated heterocycles. The largest absolute Gasteiger partial charge is 0.492 e. The maximum Gasteiger partial charge on any atom is 0.121 e. The molecule has 0 N–H and O–H groups in total. The number of ether oxygens (including phenoxy) is 1. The number of hydrogen-bond acceptors (Lipinski definition) is 2. The van der Waals surface area contributed by atoms with Gasteiger partial charge in [0.2, 0.25) is 0 Å². The Hall–Kier alpha value is -0.0600. The van der Waals surface area contributed by atoms with Crippen LogP contribution in [0.15, 0.2) is 27.1 Å². The lowest BCUT2D eigenvalue weighted by Gasteiger charge is -2.11. The Morgan fingerprint density at radius 1 is 1.14 bits per heavy atom. The summed E-state index contributed by atoms with van der Waals surface area (Å²) in [6.07, 6.45) is 0. The van der Waals surface area contributed by atoms with Crippen molar-refractivity contribution < 1.29 is 4.74 Å². The summed E-state index contributed by atoms with van der Waals surface area (Å²) in [7, 11) is 4.06. The van der Waals surface area contributed by atoms with Crippen LogP contribution >= 0.6 is 31.9 Å². The molecule has 1 aromatic rings. The van der Waals surface area contributed by atoms with Gasteiger partial charge in [0.1, 0.15) is 12.4 Å². The molecule has 2 nitrogen and oxygen atoms in total. The van der Waals surface area contributed by atoms with Crippen LogP contribution in [0.3, 0.4) is 0 Å². The Bertz CT molecular complexity index is 282. The second-order valence-corrected chi connectivity index (χ2v) is 5.09. The van der Waals surface area contributed by atoms with Crippen molar-refractivity contribution in [1.29, 1.82) is 0 Å². The van der Waals surface area contributed by atoms with Gasteiger partial charge in [-0.2, -0.15) is 0 Å². The molecule has 0 aliphatic heterocycles. The molecule has 78 valence electrons. The number of rotatable bonds is 4. The molecule has 0 spiro atoms. The number of likely N-dealkylation sites (N-methyl/N-ethyl adjacent to an activating group) is 1. The van der Waals surface area contributed by atoms with Gasteiger partial charge in [-0.15, -0.1) is 0 Å². The predicted molar refractivity (Wildman–Crippen MR) is 65.9 cm³/mol. The molecule has 0 atom stereocenters. The van der Waals surface area contributed by atoms with E-state index in [9.17, 15) is 0 Å². The molecular formula is C10H13Br2NO. The highest BCUT2D eigenvalue weighted by Crippen LogP contribution is 2.24. The van der Waals surface area contributed by atoms with Gasteiger partial charge < -0.3 is 9.64 Å². The second kappa shape index (κ2) is 5.73. The monoisotopic (exact) mass is 321 g/mol. The van der Waals surface area contributed by atoms with E-state index in [1.54, 1.807) is 0 Å². The Morgan fingerprint density at radius 3 is 2.21 bits per heavy atom. The van der Waals surface area contributed by atoms with Crippen LogP contribution in [0.5, 0.6) is 5.75 Å². The third-order valence-corrected chi connectivity index (χ3v) is 2.56. The third-order valence-electron chi connectivity index (χ3n) is 1.64. The molecule has 0 heterocycles. The third kappa shape index (κ3) is 4.44. The Balaban J connectivity index is 2.50. The first-order valence-electron chi connectivity index (χ1n) is 4.31. The van der Waals surface area contributed by atoms with Crippen LogP contribution in [0.4, 0.5) is 0 Å². The van der Waals surface area contributed by atoms with Crippen molar-refractivity contribution in [3.8, 4) is 5.75 Å². The second-order valence-electron chi connectivity index (χ2n) is 3.26. The van der Waals surface area contributed by atoms with Crippen molar-refractivity contribution in [1.82, 2.24) is 4.90 Å². The average Bonchev–Trinajstić information content (AvgIpc) is 2.01. The normalized spacial score (nSPS) is 10.6. The summed E-state index contributed by atoms with van der Waals surface area (Å²) in [5, 5.41) is 0. The lowest BCUT2D eigenvalue weighted by atomic mass is 10.3. The fraction of sp³-hybridized carbons (Fsp3) is 0.400. The van der Waals surface area contributed by atoms with Crippen LogP contribution in [0, 0.1) is 0 Å². The fourth-order valence-electron chi connectivity index (χ4n) is 0.958. The molecule has 0 saturated carbocycles. The SMILES string of the molecule is CN(C)CCOc1cc(Br)cc(Br)c1. The van der Waals surface area contributed by atoms with Gasteiger partial charge in [-0.3, -0.25) is 0 Å². The van der Waals surface area contributed by atoms with E-state index in [4.69, 9.17) is 4.74 Å². The molecule has 0 fully saturated rings. The summed E-state index contributed by atoms with van der Waals surface area (Å²) < 4.78 is 7.62. The molecule has 0 aliphatic rings. The Morgan fingerprint density at radius 2 is 1.71 bits per heavy atom. The summed E-state index contributed by atoms with van der Waals surface area (Å²) in [4.78, 5) is 2.09. The molecule has 0 amide bonds. The zero-order valence-corrected chi connectivity index (χ0v) is 11.4. The van der Waals surface area contributed by atoms with E-state index < -0.39 is 0 Å². The van der Waals surface area contributed by atoms with E-state index in [2.05, 4.69) is 36.8 Å². The van der Waals surface area contributed by atoms with Crippen molar-refractivity contribution in [2.24, 2.45) is 0 Å². The van der Waals surface area contributed by atoms with Gasteiger partial charge >= 0.3 is 0 Å². The Kier molecular flexibility index (Phi) is 4.92. The molecule has 0 unspecified atom stereocenters. The first-order valence-corrected chi connectivity index (χ1v) is 5.90. The number of halogens is 2. The van der Waals surface area contributed by atoms with Gasteiger partial charge in [0.15, 0.2) is 0 Å². The smallest absolute Gasteiger partial charge is 0.121 e. The van der Waals surface area contributed by atoms with Crippen LogP contribution in [0.1, 0.15) is 0 Å². The lowest BCUT2D eigenvalue weighted by Crippen LogP contribution is -2.19. The van der Waals surface area contributed by atoms with Crippen molar-refractivity contribution in [3.63, 3.8) is 0 Å². The maximum absolute atomic E-state index is 5.58. The summed E-state index contributed by atoms with van der Waals surface area (Å²) in [6.45, 7) is 1.63. The quantitative estimate of drug-likeness (QED) is 0.844. The van der Waals surface area contributed by atoms with Crippen LogP contribution in [0.2, 0.25) is 0 Å². The first-order chi connectivity index (χ1) is 6.58. The highest BCUT2D eigenvalue weighted by atomic mass is 79.9. The van der Waals surface area contributed by atoms with Gasteiger partial charge in [0.25, 0.3) is 0 Å². The van der Waals surface area contributed by atoms with Gasteiger partial charge in [0, 0.05) is 15.5 Å². The molecule has 0 radical (unpaired) electrons. The zero-order chi connectivity index (χ0) is 10.6. The molecular weight excluding hydrogens is 310 g/mol. The van der Waals surface area contributed by atoms with Crippen LogP contribution in [-0.2, 0) is 0 Å². The molecule has 14 heavy (non-hydrogen) atoms. The van der Waals surface area contributed by atoms with Crippen LogP contribution < -0.4 is 4.74 Å².